The van der Waals surface area contributed by atoms with Gasteiger partial charge in [0, 0.05) is 65.4 Å². The molecular weight excluding hydrogens is 868 g/mol. The zero-order valence-corrected chi connectivity index (χ0v) is 28.4. The largest absolute Gasteiger partial charge is 0.511 e. The van der Waals surface area contributed by atoms with Crippen LogP contribution in [0.5, 0.6) is 0 Å². The minimum Gasteiger partial charge on any atom is -0.203 e. The lowest BCUT2D eigenvalue weighted by atomic mass is 10.4. The first-order chi connectivity index (χ1) is 22.3. The molecule has 1 aliphatic heterocycles. The fourth-order valence-corrected chi connectivity index (χ4v) is 8.59. The Hall–Kier alpha value is -1.50. The molecular formula is C16H22F15N5O10S5. The molecule has 1 fully saturated rings. The summed E-state index contributed by atoms with van der Waals surface area (Å²) in [5.74, 6) is 0. The Morgan fingerprint density at radius 2 is 0.373 bits per heavy atom. The molecule has 0 aromatic rings. The summed E-state index contributed by atoms with van der Waals surface area (Å²) in [6.45, 7) is -20.8. The van der Waals surface area contributed by atoms with Gasteiger partial charge in [-0.2, -0.15) is 87.4 Å². The monoisotopic (exact) mass is 889 g/mol. The normalized spacial score (nSPS) is 21.2. The van der Waals surface area contributed by atoms with Crippen molar-refractivity contribution in [2.75, 3.05) is 65.4 Å². The lowest BCUT2D eigenvalue weighted by Crippen LogP contribution is -2.54. The maximum absolute atomic E-state index is 13.4. The van der Waals surface area contributed by atoms with E-state index in [0.717, 1.165) is 0 Å². The highest BCUT2D eigenvalue weighted by Crippen LogP contribution is 2.33. The van der Waals surface area contributed by atoms with Crippen LogP contribution in [0.15, 0.2) is 0 Å². The summed E-state index contributed by atoms with van der Waals surface area (Å²) >= 11 is 0. The van der Waals surface area contributed by atoms with Crippen LogP contribution in [0.1, 0.15) is 6.42 Å². The first kappa shape index (κ1) is 47.5. The first-order valence-electron chi connectivity index (χ1n) is 12.6. The highest BCUT2D eigenvalue weighted by molar-refractivity contribution is 7.91. The van der Waals surface area contributed by atoms with Crippen molar-refractivity contribution in [2.45, 2.75) is 34.0 Å². The lowest BCUT2D eigenvalue weighted by molar-refractivity contribution is -0.0526. The Balaban J connectivity index is 4.09. The number of nitrogens with zero attached hydrogens (tertiary/aromatic N) is 5. The predicted octanol–water partition coefficient (Wildman–Crippen LogP) is 1.15. The standard InChI is InChI=1S/C16H22F15N5O10S5/c17-12(18,19)47(37,38)32-2-1-3-33(48(39,40)13(20,21)22)5-7-35(50(43,44)15(26,27)28)9-11-36(51(45,46)16(29,30)31)10-8-34(6-4-32)49(41,42)14(23,24)25/h1-11H2. The summed E-state index contributed by atoms with van der Waals surface area (Å²) in [6, 6.07) is 0. The topological polar surface area (TPSA) is 187 Å². The van der Waals surface area contributed by atoms with E-state index < -0.39 is 171 Å². The second-order valence-corrected chi connectivity index (χ2v) is 19.2. The highest BCUT2D eigenvalue weighted by atomic mass is 32.2. The van der Waals surface area contributed by atoms with Gasteiger partial charge in [0.05, 0.1) is 0 Å². The predicted molar refractivity (Wildman–Crippen MR) is 137 cm³/mol. The third-order valence-electron chi connectivity index (χ3n) is 6.37. The molecule has 35 heteroatoms. The maximum atomic E-state index is 13.4. The van der Waals surface area contributed by atoms with Gasteiger partial charge in [-0.25, -0.2) is 42.1 Å². The van der Waals surface area contributed by atoms with E-state index in [1.165, 1.54) is 0 Å². The smallest absolute Gasteiger partial charge is 0.203 e. The van der Waals surface area contributed by atoms with Crippen molar-refractivity contribution >= 4 is 50.1 Å². The van der Waals surface area contributed by atoms with Crippen molar-refractivity contribution in [3.63, 3.8) is 0 Å². The molecule has 1 aliphatic rings. The van der Waals surface area contributed by atoms with Crippen LogP contribution in [0.25, 0.3) is 0 Å². The van der Waals surface area contributed by atoms with Crippen molar-refractivity contribution in [3.8, 4) is 0 Å². The zero-order chi connectivity index (χ0) is 40.7. The summed E-state index contributed by atoms with van der Waals surface area (Å²) in [5, 5.41) is 0. The Kier molecular flexibility index (Phi) is 14.3. The molecule has 0 saturated carbocycles. The van der Waals surface area contributed by atoms with Gasteiger partial charge in [0.2, 0.25) is 0 Å². The van der Waals surface area contributed by atoms with Crippen LogP contribution in [0.2, 0.25) is 0 Å². The van der Waals surface area contributed by atoms with E-state index in [4.69, 9.17) is 0 Å². The molecule has 0 bridgehead atoms. The van der Waals surface area contributed by atoms with Crippen LogP contribution in [-0.2, 0) is 50.1 Å². The van der Waals surface area contributed by atoms with E-state index in [1.807, 2.05) is 0 Å². The fraction of sp³-hybridized carbons (Fsp3) is 1.00. The van der Waals surface area contributed by atoms with E-state index in [9.17, 15) is 108 Å². The number of sulfonamides is 5. The van der Waals surface area contributed by atoms with Gasteiger partial charge in [-0.05, 0) is 6.42 Å². The lowest BCUT2D eigenvalue weighted by Gasteiger charge is -2.32. The highest BCUT2D eigenvalue weighted by Gasteiger charge is 2.56. The van der Waals surface area contributed by atoms with Crippen molar-refractivity contribution in [3.05, 3.63) is 0 Å². The Labute approximate surface area is 278 Å². The van der Waals surface area contributed by atoms with Gasteiger partial charge >= 0.3 is 77.7 Å². The summed E-state index contributed by atoms with van der Waals surface area (Å²) in [6.07, 6.45) is -1.53. The molecule has 0 amide bonds. The number of rotatable bonds is 5. The van der Waals surface area contributed by atoms with Gasteiger partial charge in [-0.3, -0.25) is 0 Å². The second-order valence-electron chi connectivity index (χ2n) is 9.60. The van der Waals surface area contributed by atoms with Gasteiger partial charge in [0.25, 0.3) is 0 Å². The van der Waals surface area contributed by atoms with E-state index in [2.05, 4.69) is 0 Å². The molecule has 0 spiro atoms. The van der Waals surface area contributed by atoms with Crippen LogP contribution in [-0.4, -0.2) is 157 Å². The summed E-state index contributed by atoms with van der Waals surface area (Å²) in [4.78, 5) is 0. The molecule has 0 aromatic heterocycles. The van der Waals surface area contributed by atoms with Crippen LogP contribution in [0.3, 0.4) is 0 Å². The molecule has 1 heterocycles. The van der Waals surface area contributed by atoms with Crippen LogP contribution < -0.4 is 0 Å². The van der Waals surface area contributed by atoms with Gasteiger partial charge in [0.15, 0.2) is 0 Å². The van der Waals surface area contributed by atoms with E-state index in [-0.39, 0.29) is 0 Å². The van der Waals surface area contributed by atoms with Crippen molar-refractivity contribution in [2.24, 2.45) is 0 Å². The van der Waals surface area contributed by atoms with Gasteiger partial charge < -0.3 is 0 Å². The van der Waals surface area contributed by atoms with Gasteiger partial charge in [-0.15, -0.1) is 0 Å². The maximum Gasteiger partial charge on any atom is 0.511 e. The van der Waals surface area contributed by atoms with Crippen molar-refractivity contribution in [1.29, 1.82) is 0 Å². The fourth-order valence-electron chi connectivity index (χ4n) is 3.81. The number of halogens is 15. The van der Waals surface area contributed by atoms with Crippen LogP contribution in [0.4, 0.5) is 65.9 Å². The molecule has 15 nitrogen and oxygen atoms in total. The molecule has 0 aliphatic carbocycles. The Bertz CT molecular complexity index is 1670. The number of hydrogen-bond donors (Lipinski definition) is 0. The molecule has 0 radical (unpaired) electrons. The van der Waals surface area contributed by atoms with E-state index in [1.54, 1.807) is 0 Å². The average molecular weight is 890 g/mol. The quantitative estimate of drug-likeness (QED) is 0.363. The van der Waals surface area contributed by atoms with Crippen molar-refractivity contribution < 1.29 is 108 Å². The molecule has 306 valence electrons. The Morgan fingerprint density at radius 1 is 0.255 bits per heavy atom. The molecule has 0 aromatic carbocycles. The molecule has 1 rings (SSSR count). The van der Waals surface area contributed by atoms with Gasteiger partial charge in [0.1, 0.15) is 0 Å². The third-order valence-corrected chi connectivity index (χ3v) is 14.5. The molecule has 0 atom stereocenters. The van der Waals surface area contributed by atoms with Crippen LogP contribution in [0, 0.1) is 0 Å². The third kappa shape index (κ3) is 10.6. The van der Waals surface area contributed by atoms with E-state index in [0.29, 0.717) is 0 Å². The second kappa shape index (κ2) is 15.3. The molecule has 0 unspecified atom stereocenters. The molecule has 1 saturated heterocycles. The van der Waals surface area contributed by atoms with Crippen molar-refractivity contribution in [1.82, 2.24) is 21.5 Å². The van der Waals surface area contributed by atoms with E-state index >= 15 is 0 Å². The minimum atomic E-state index is -7.02. The summed E-state index contributed by atoms with van der Waals surface area (Å²) in [7, 11) is -34.6. The Morgan fingerprint density at radius 3 is 0.490 bits per heavy atom. The zero-order valence-electron chi connectivity index (χ0n) is 24.3. The minimum absolute atomic E-state index is 0.944. The van der Waals surface area contributed by atoms with Gasteiger partial charge in [-0.1, -0.05) is 0 Å². The van der Waals surface area contributed by atoms with Crippen LogP contribution >= 0.6 is 0 Å². The number of hydrogen-bond acceptors (Lipinski definition) is 10. The molecule has 0 N–H and O–H groups in total. The summed E-state index contributed by atoms with van der Waals surface area (Å²) < 4.78 is 317. The number of alkyl halides is 15. The first-order valence-corrected chi connectivity index (χ1v) is 19.8. The summed E-state index contributed by atoms with van der Waals surface area (Å²) in [5.41, 5.74) is -32.4. The average Bonchev–Trinajstić information content (AvgIpc) is 2.88. The SMILES string of the molecule is O=S(=O)(N1CCCN(S(=O)(=O)C(F)(F)F)CCN(S(=O)(=O)C(F)(F)F)CCN(S(=O)(=O)C(F)(F)F)CCN(S(=O)(=O)C(F)(F)F)CC1)C(F)(F)F. The molecule has 51 heavy (non-hydrogen) atoms.